The molecule has 1 aromatic heterocycles. The van der Waals surface area contributed by atoms with Gasteiger partial charge in [0.25, 0.3) is 0 Å². The third kappa shape index (κ3) is 2.65. The monoisotopic (exact) mass is 337 g/mol. The van der Waals surface area contributed by atoms with Crippen molar-refractivity contribution in [3.8, 4) is 0 Å². The van der Waals surface area contributed by atoms with Gasteiger partial charge in [0.05, 0.1) is 11.0 Å². The molecular weight excluding hydrogens is 328 g/mol. The van der Waals surface area contributed by atoms with E-state index in [1.165, 1.54) is 24.3 Å². The number of rotatable bonds is 3. The Labute approximate surface area is 122 Å². The van der Waals surface area contributed by atoms with Gasteiger partial charge >= 0.3 is 0 Å². The SMILES string of the molecule is Fc1ccc(Br)c(CNc2nc3ccc(F)cc3[nH]2)c1. The highest BCUT2D eigenvalue weighted by atomic mass is 79.9. The molecule has 3 aromatic rings. The van der Waals surface area contributed by atoms with E-state index in [1.54, 1.807) is 12.1 Å². The lowest BCUT2D eigenvalue weighted by molar-refractivity contribution is 0.625. The van der Waals surface area contributed by atoms with Crippen LogP contribution in [0, 0.1) is 11.6 Å². The van der Waals surface area contributed by atoms with Crippen molar-refractivity contribution in [1.82, 2.24) is 9.97 Å². The van der Waals surface area contributed by atoms with Crippen LogP contribution in [0.1, 0.15) is 5.56 Å². The Morgan fingerprint density at radius 2 is 1.85 bits per heavy atom. The molecule has 3 nitrogen and oxygen atoms in total. The fourth-order valence-corrected chi connectivity index (χ4v) is 2.31. The molecule has 20 heavy (non-hydrogen) atoms. The van der Waals surface area contributed by atoms with Gasteiger partial charge in [0.2, 0.25) is 5.95 Å². The average Bonchev–Trinajstić information content (AvgIpc) is 2.81. The van der Waals surface area contributed by atoms with E-state index < -0.39 is 0 Å². The molecule has 0 spiro atoms. The topological polar surface area (TPSA) is 40.7 Å². The van der Waals surface area contributed by atoms with Gasteiger partial charge in [-0.3, -0.25) is 0 Å². The van der Waals surface area contributed by atoms with Crippen molar-refractivity contribution in [1.29, 1.82) is 0 Å². The van der Waals surface area contributed by atoms with Gasteiger partial charge in [-0.2, -0.15) is 0 Å². The van der Waals surface area contributed by atoms with Crippen molar-refractivity contribution in [2.75, 3.05) is 5.32 Å². The van der Waals surface area contributed by atoms with Gasteiger partial charge in [-0.15, -0.1) is 0 Å². The number of aromatic nitrogens is 2. The van der Waals surface area contributed by atoms with Gasteiger partial charge in [0.1, 0.15) is 11.6 Å². The largest absolute Gasteiger partial charge is 0.352 e. The minimum Gasteiger partial charge on any atom is -0.352 e. The van der Waals surface area contributed by atoms with E-state index in [0.29, 0.717) is 23.5 Å². The van der Waals surface area contributed by atoms with E-state index in [4.69, 9.17) is 0 Å². The molecule has 0 aliphatic heterocycles. The predicted molar refractivity (Wildman–Crippen MR) is 77.5 cm³/mol. The summed E-state index contributed by atoms with van der Waals surface area (Å²) in [5, 5.41) is 3.05. The smallest absolute Gasteiger partial charge is 0.201 e. The zero-order valence-electron chi connectivity index (χ0n) is 10.3. The van der Waals surface area contributed by atoms with Crippen LogP contribution in [0.15, 0.2) is 40.9 Å². The molecule has 0 saturated carbocycles. The maximum absolute atomic E-state index is 13.2. The maximum atomic E-state index is 13.2. The normalized spacial score (nSPS) is 10.9. The first-order chi connectivity index (χ1) is 9.61. The molecule has 0 amide bonds. The zero-order chi connectivity index (χ0) is 14.1. The van der Waals surface area contributed by atoms with Crippen molar-refractivity contribution in [2.24, 2.45) is 0 Å². The Kier molecular flexibility index (Phi) is 3.40. The summed E-state index contributed by atoms with van der Waals surface area (Å²) < 4.78 is 27.1. The molecule has 6 heteroatoms. The van der Waals surface area contributed by atoms with Crippen LogP contribution < -0.4 is 5.32 Å². The summed E-state index contributed by atoms with van der Waals surface area (Å²) in [4.78, 5) is 7.25. The molecule has 0 saturated heterocycles. The molecule has 0 aliphatic rings. The molecule has 102 valence electrons. The maximum Gasteiger partial charge on any atom is 0.201 e. The van der Waals surface area contributed by atoms with E-state index in [9.17, 15) is 8.78 Å². The van der Waals surface area contributed by atoms with E-state index >= 15 is 0 Å². The number of hydrogen-bond donors (Lipinski definition) is 2. The molecule has 3 rings (SSSR count). The first-order valence-electron chi connectivity index (χ1n) is 5.95. The Bertz CT molecular complexity index is 770. The molecule has 0 radical (unpaired) electrons. The highest BCUT2D eigenvalue weighted by Gasteiger charge is 2.05. The third-order valence-electron chi connectivity index (χ3n) is 2.90. The molecule has 0 bridgehead atoms. The molecular formula is C14H10BrF2N3. The summed E-state index contributed by atoms with van der Waals surface area (Å²) in [6.07, 6.45) is 0. The number of benzene rings is 2. The predicted octanol–water partition coefficient (Wildman–Crippen LogP) is 4.22. The van der Waals surface area contributed by atoms with E-state index in [2.05, 4.69) is 31.2 Å². The minimum absolute atomic E-state index is 0.295. The van der Waals surface area contributed by atoms with Gasteiger partial charge < -0.3 is 10.3 Å². The fourth-order valence-electron chi connectivity index (χ4n) is 1.92. The second kappa shape index (κ2) is 5.20. The number of nitrogens with zero attached hydrogens (tertiary/aromatic N) is 1. The summed E-state index contributed by atoms with van der Waals surface area (Å²) in [5.74, 6) is -0.0981. The molecule has 1 heterocycles. The van der Waals surface area contributed by atoms with Gasteiger partial charge in [-0.05, 0) is 42.0 Å². The number of halogens is 3. The van der Waals surface area contributed by atoms with E-state index in [1.807, 2.05) is 0 Å². The highest BCUT2D eigenvalue weighted by molar-refractivity contribution is 9.10. The number of nitrogens with one attached hydrogen (secondary N) is 2. The summed E-state index contributed by atoms with van der Waals surface area (Å²) in [6, 6.07) is 8.82. The molecule has 2 aromatic carbocycles. The standard InChI is InChI=1S/C14H10BrF2N3/c15-11-3-1-9(16)5-8(11)7-18-14-19-12-4-2-10(17)6-13(12)20-14/h1-6H,7H2,(H2,18,19,20). The van der Waals surface area contributed by atoms with E-state index in [0.717, 1.165) is 10.0 Å². The first-order valence-corrected chi connectivity index (χ1v) is 6.74. The third-order valence-corrected chi connectivity index (χ3v) is 3.67. The van der Waals surface area contributed by atoms with Crippen LogP contribution in [-0.4, -0.2) is 9.97 Å². The van der Waals surface area contributed by atoms with E-state index in [-0.39, 0.29) is 11.6 Å². The molecule has 0 aliphatic carbocycles. The quantitative estimate of drug-likeness (QED) is 0.751. The first kappa shape index (κ1) is 13.1. The van der Waals surface area contributed by atoms with Gasteiger partial charge in [-0.1, -0.05) is 15.9 Å². The van der Waals surface area contributed by atoms with Crippen LogP contribution in [0.25, 0.3) is 11.0 Å². The van der Waals surface area contributed by atoms with Crippen molar-refractivity contribution >= 4 is 32.9 Å². The van der Waals surface area contributed by atoms with Gasteiger partial charge in [-0.25, -0.2) is 13.8 Å². The Morgan fingerprint density at radius 3 is 2.70 bits per heavy atom. The van der Waals surface area contributed by atoms with Crippen LogP contribution in [0.5, 0.6) is 0 Å². The van der Waals surface area contributed by atoms with Crippen LogP contribution in [0.4, 0.5) is 14.7 Å². The van der Waals surface area contributed by atoms with Crippen LogP contribution in [-0.2, 0) is 6.54 Å². The van der Waals surface area contributed by atoms with Crippen molar-refractivity contribution < 1.29 is 8.78 Å². The van der Waals surface area contributed by atoms with Crippen molar-refractivity contribution in [2.45, 2.75) is 6.54 Å². The second-order valence-electron chi connectivity index (χ2n) is 4.34. The lowest BCUT2D eigenvalue weighted by atomic mass is 10.2. The van der Waals surface area contributed by atoms with Gasteiger partial charge in [0.15, 0.2) is 0 Å². The zero-order valence-corrected chi connectivity index (χ0v) is 11.8. The van der Waals surface area contributed by atoms with Crippen molar-refractivity contribution in [3.05, 3.63) is 58.1 Å². The highest BCUT2D eigenvalue weighted by Crippen LogP contribution is 2.20. The molecule has 0 fully saturated rings. The number of fused-ring (bicyclic) bond motifs is 1. The lowest BCUT2D eigenvalue weighted by Crippen LogP contribution is -2.02. The summed E-state index contributed by atoms with van der Waals surface area (Å²) >= 11 is 3.36. The minimum atomic E-state index is -0.319. The Hall–Kier alpha value is -1.95. The average molecular weight is 338 g/mol. The summed E-state index contributed by atoms with van der Waals surface area (Å²) in [7, 11) is 0. The van der Waals surface area contributed by atoms with Crippen LogP contribution in [0.3, 0.4) is 0 Å². The Morgan fingerprint density at radius 1 is 1.10 bits per heavy atom. The molecule has 0 atom stereocenters. The molecule has 2 N–H and O–H groups in total. The number of imidazole rings is 1. The van der Waals surface area contributed by atoms with Crippen molar-refractivity contribution in [3.63, 3.8) is 0 Å². The summed E-state index contributed by atoms with van der Waals surface area (Å²) in [5.41, 5.74) is 2.06. The number of anilines is 1. The fraction of sp³-hybridized carbons (Fsp3) is 0.0714. The van der Waals surface area contributed by atoms with Crippen LogP contribution in [0.2, 0.25) is 0 Å². The number of aromatic amines is 1. The number of hydrogen-bond acceptors (Lipinski definition) is 2. The Balaban J connectivity index is 1.81. The van der Waals surface area contributed by atoms with Gasteiger partial charge in [0, 0.05) is 11.0 Å². The second-order valence-corrected chi connectivity index (χ2v) is 5.19. The molecule has 0 unspecified atom stereocenters. The lowest BCUT2D eigenvalue weighted by Gasteiger charge is -2.05. The summed E-state index contributed by atoms with van der Waals surface area (Å²) in [6.45, 7) is 0.403. The number of H-pyrrole nitrogens is 1. The van der Waals surface area contributed by atoms with Crippen LogP contribution >= 0.6 is 15.9 Å².